The summed E-state index contributed by atoms with van der Waals surface area (Å²) >= 11 is 0. The number of amides is 2. The van der Waals surface area contributed by atoms with Crippen molar-refractivity contribution in [3.05, 3.63) is 24.3 Å². The number of anilines is 1. The van der Waals surface area contributed by atoms with E-state index in [1.165, 1.54) is 4.90 Å². The van der Waals surface area contributed by atoms with E-state index in [0.717, 1.165) is 25.0 Å². The van der Waals surface area contributed by atoms with Crippen LogP contribution in [0.5, 0.6) is 5.75 Å². The molecule has 0 radical (unpaired) electrons. The van der Waals surface area contributed by atoms with E-state index in [0.29, 0.717) is 11.6 Å². The molecule has 2 aliphatic rings. The smallest absolute Gasteiger partial charge is 0.237 e. The van der Waals surface area contributed by atoms with Crippen LogP contribution in [0.4, 0.5) is 5.69 Å². The fraction of sp³-hybridized carbons (Fsp3) is 0.500. The summed E-state index contributed by atoms with van der Waals surface area (Å²) in [6.45, 7) is 2.16. The molecule has 1 saturated heterocycles. The Morgan fingerprint density at radius 1 is 1.05 bits per heavy atom. The maximum Gasteiger partial charge on any atom is 0.237 e. The van der Waals surface area contributed by atoms with Gasteiger partial charge in [-0.2, -0.15) is 0 Å². The molecule has 1 aliphatic heterocycles. The minimum atomic E-state index is -0.117. The zero-order valence-electron chi connectivity index (χ0n) is 11.8. The van der Waals surface area contributed by atoms with E-state index in [9.17, 15) is 9.59 Å². The number of rotatable bonds is 2. The van der Waals surface area contributed by atoms with Gasteiger partial charge in [-0.15, -0.1) is 0 Å². The monoisotopic (exact) mass is 273 g/mol. The summed E-state index contributed by atoms with van der Waals surface area (Å²) in [6, 6.07) is 7.10. The molecule has 1 saturated carbocycles. The molecule has 106 valence electrons. The molecule has 0 unspecified atom stereocenters. The van der Waals surface area contributed by atoms with Crippen molar-refractivity contribution in [3.63, 3.8) is 0 Å². The van der Waals surface area contributed by atoms with Crippen molar-refractivity contribution >= 4 is 17.5 Å². The van der Waals surface area contributed by atoms with Crippen LogP contribution in [0.1, 0.15) is 26.2 Å². The number of imide groups is 1. The first-order valence-electron chi connectivity index (χ1n) is 7.13. The Balaban J connectivity index is 1.89. The van der Waals surface area contributed by atoms with Gasteiger partial charge in [-0.1, -0.05) is 6.92 Å². The van der Waals surface area contributed by atoms with Crippen LogP contribution in [0.3, 0.4) is 0 Å². The molecule has 2 amide bonds. The van der Waals surface area contributed by atoms with Gasteiger partial charge in [-0.05, 0) is 49.4 Å². The van der Waals surface area contributed by atoms with Crippen LogP contribution in [-0.4, -0.2) is 18.9 Å². The molecular weight excluding hydrogens is 254 g/mol. The summed E-state index contributed by atoms with van der Waals surface area (Å²) in [4.78, 5) is 26.4. The SMILES string of the molecule is COc1ccc(N2C(=O)[C@H]3C[C@@H](C)CC[C@H]3C2=O)cc1. The number of carbonyl (C=O) groups excluding carboxylic acids is 2. The van der Waals surface area contributed by atoms with E-state index in [1.54, 1.807) is 31.4 Å². The molecule has 1 heterocycles. The van der Waals surface area contributed by atoms with Gasteiger partial charge in [-0.25, -0.2) is 0 Å². The van der Waals surface area contributed by atoms with E-state index in [2.05, 4.69) is 6.92 Å². The topological polar surface area (TPSA) is 46.6 Å². The molecule has 0 spiro atoms. The van der Waals surface area contributed by atoms with Crippen molar-refractivity contribution < 1.29 is 14.3 Å². The molecular formula is C16H19NO3. The maximum atomic E-state index is 12.5. The highest BCUT2D eigenvalue weighted by molar-refractivity contribution is 6.22. The molecule has 0 aromatic heterocycles. The molecule has 4 nitrogen and oxygen atoms in total. The van der Waals surface area contributed by atoms with Crippen molar-refractivity contribution in [1.29, 1.82) is 0 Å². The Kier molecular flexibility index (Phi) is 3.24. The van der Waals surface area contributed by atoms with Gasteiger partial charge in [-0.3, -0.25) is 14.5 Å². The summed E-state index contributed by atoms with van der Waals surface area (Å²) in [6.07, 6.45) is 2.71. The van der Waals surface area contributed by atoms with E-state index in [1.807, 2.05) is 0 Å². The Bertz CT molecular complexity index is 537. The number of carbonyl (C=O) groups is 2. The predicted molar refractivity (Wildman–Crippen MR) is 75.5 cm³/mol. The molecule has 20 heavy (non-hydrogen) atoms. The van der Waals surface area contributed by atoms with Crippen LogP contribution < -0.4 is 9.64 Å². The number of hydrogen-bond donors (Lipinski definition) is 0. The lowest BCUT2D eigenvalue weighted by Crippen LogP contribution is -2.30. The highest BCUT2D eigenvalue weighted by Crippen LogP contribution is 2.42. The Labute approximate surface area is 118 Å². The summed E-state index contributed by atoms with van der Waals surface area (Å²) < 4.78 is 5.11. The average molecular weight is 273 g/mol. The maximum absolute atomic E-state index is 12.5. The summed E-state index contributed by atoms with van der Waals surface area (Å²) in [5.74, 6) is 0.964. The van der Waals surface area contributed by atoms with E-state index < -0.39 is 0 Å². The second kappa shape index (κ2) is 4.93. The number of benzene rings is 1. The third-order valence-corrected chi connectivity index (χ3v) is 4.52. The first-order chi connectivity index (χ1) is 9.61. The quantitative estimate of drug-likeness (QED) is 0.778. The van der Waals surface area contributed by atoms with Crippen molar-refractivity contribution in [2.75, 3.05) is 12.0 Å². The molecule has 1 aromatic rings. The predicted octanol–water partition coefficient (Wildman–Crippen LogP) is 2.62. The van der Waals surface area contributed by atoms with Crippen LogP contribution in [0.2, 0.25) is 0 Å². The first-order valence-corrected chi connectivity index (χ1v) is 7.13. The third kappa shape index (κ3) is 1.99. The summed E-state index contributed by atoms with van der Waals surface area (Å²) in [5, 5.41) is 0. The normalized spacial score (nSPS) is 29.5. The molecule has 4 heteroatoms. The molecule has 0 N–H and O–H groups in total. The number of ether oxygens (including phenoxy) is 1. The zero-order valence-corrected chi connectivity index (χ0v) is 11.8. The largest absolute Gasteiger partial charge is 0.497 e. The Morgan fingerprint density at radius 3 is 2.35 bits per heavy atom. The van der Waals surface area contributed by atoms with Gasteiger partial charge in [0.1, 0.15) is 5.75 Å². The minimum absolute atomic E-state index is 0.0305. The number of nitrogens with zero attached hydrogens (tertiary/aromatic N) is 1. The third-order valence-electron chi connectivity index (χ3n) is 4.52. The second-order valence-corrected chi connectivity index (χ2v) is 5.84. The van der Waals surface area contributed by atoms with Crippen LogP contribution in [0, 0.1) is 17.8 Å². The summed E-state index contributed by atoms with van der Waals surface area (Å²) in [7, 11) is 1.59. The lowest BCUT2D eigenvalue weighted by Gasteiger charge is -2.25. The highest BCUT2D eigenvalue weighted by atomic mass is 16.5. The molecule has 1 aromatic carbocycles. The summed E-state index contributed by atoms with van der Waals surface area (Å²) in [5.41, 5.74) is 0.655. The van der Waals surface area contributed by atoms with Crippen LogP contribution in [-0.2, 0) is 9.59 Å². The van der Waals surface area contributed by atoms with Crippen LogP contribution >= 0.6 is 0 Å². The average Bonchev–Trinajstić information content (AvgIpc) is 2.71. The van der Waals surface area contributed by atoms with Gasteiger partial charge < -0.3 is 4.74 Å². The van der Waals surface area contributed by atoms with Crippen molar-refractivity contribution in [3.8, 4) is 5.75 Å². The lowest BCUT2D eigenvalue weighted by molar-refractivity contribution is -0.122. The van der Waals surface area contributed by atoms with Crippen molar-refractivity contribution in [2.24, 2.45) is 17.8 Å². The second-order valence-electron chi connectivity index (χ2n) is 5.84. The molecule has 0 bridgehead atoms. The van der Waals surface area contributed by atoms with Crippen molar-refractivity contribution in [2.45, 2.75) is 26.2 Å². The number of fused-ring (bicyclic) bond motifs is 1. The first kappa shape index (κ1) is 13.2. The van der Waals surface area contributed by atoms with Crippen LogP contribution in [0.15, 0.2) is 24.3 Å². The fourth-order valence-corrected chi connectivity index (χ4v) is 3.38. The molecule has 1 aliphatic carbocycles. The van der Waals surface area contributed by atoms with Gasteiger partial charge in [0.15, 0.2) is 0 Å². The van der Waals surface area contributed by atoms with Crippen LogP contribution in [0.25, 0.3) is 0 Å². The van der Waals surface area contributed by atoms with E-state index in [4.69, 9.17) is 4.74 Å². The molecule has 3 atom stereocenters. The Morgan fingerprint density at radius 2 is 1.70 bits per heavy atom. The number of hydrogen-bond acceptors (Lipinski definition) is 3. The molecule has 3 rings (SSSR count). The van der Waals surface area contributed by atoms with Gasteiger partial charge in [0.05, 0.1) is 24.6 Å². The fourth-order valence-electron chi connectivity index (χ4n) is 3.38. The van der Waals surface area contributed by atoms with E-state index in [-0.39, 0.29) is 23.7 Å². The minimum Gasteiger partial charge on any atom is -0.497 e. The molecule has 2 fully saturated rings. The van der Waals surface area contributed by atoms with Gasteiger partial charge in [0, 0.05) is 0 Å². The zero-order chi connectivity index (χ0) is 14.3. The standard InChI is InChI=1S/C16H19NO3/c1-10-3-8-13-14(9-10)16(19)17(15(13)18)11-4-6-12(20-2)7-5-11/h4-7,10,13-14H,3,8-9H2,1-2H3/t10-,13+,14-/m0/s1. The van der Waals surface area contributed by atoms with Gasteiger partial charge >= 0.3 is 0 Å². The lowest BCUT2D eigenvalue weighted by atomic mass is 9.76. The number of methoxy groups -OCH3 is 1. The van der Waals surface area contributed by atoms with Gasteiger partial charge in [0.2, 0.25) is 11.8 Å². The van der Waals surface area contributed by atoms with E-state index >= 15 is 0 Å². The van der Waals surface area contributed by atoms with Gasteiger partial charge in [0.25, 0.3) is 0 Å². The van der Waals surface area contributed by atoms with Crippen molar-refractivity contribution in [1.82, 2.24) is 0 Å². The Hall–Kier alpha value is -1.84. The highest BCUT2D eigenvalue weighted by Gasteiger charge is 2.49.